The number of fused-ring (bicyclic) bond motifs is 1. The molecule has 1 saturated carbocycles. The molecule has 2 aromatic heterocycles. The first-order chi connectivity index (χ1) is 11.3. The van der Waals surface area contributed by atoms with Gasteiger partial charge in [-0.1, -0.05) is 11.3 Å². The lowest BCUT2D eigenvalue weighted by Gasteiger charge is -2.14. The van der Waals surface area contributed by atoms with Crippen LogP contribution in [0.25, 0.3) is 21.6 Å². The summed E-state index contributed by atoms with van der Waals surface area (Å²) >= 11 is 4.45. The Kier molecular flexibility index (Phi) is 3.65. The van der Waals surface area contributed by atoms with Gasteiger partial charge in [0.15, 0.2) is 8.92 Å². The average Bonchev–Trinajstić information content (AvgIpc) is 3.27. The molecule has 3 aromatic rings. The number of pyridine rings is 1. The van der Waals surface area contributed by atoms with E-state index in [2.05, 4.69) is 31.1 Å². The monoisotopic (exact) mass is 413 g/mol. The Morgan fingerprint density at radius 1 is 1.17 bits per heavy atom. The van der Waals surface area contributed by atoms with Crippen molar-refractivity contribution < 1.29 is 13.2 Å². The van der Waals surface area contributed by atoms with Crippen LogP contribution in [0, 0.1) is 6.92 Å². The van der Waals surface area contributed by atoms with E-state index in [4.69, 9.17) is 0 Å². The minimum Gasteiger partial charge on any atom is -0.245 e. The number of halogens is 4. The highest BCUT2D eigenvalue weighted by Crippen LogP contribution is 2.45. The third kappa shape index (κ3) is 2.82. The van der Waals surface area contributed by atoms with E-state index in [1.807, 2.05) is 6.07 Å². The number of rotatable bonds is 2. The molecule has 24 heavy (non-hydrogen) atoms. The number of benzene rings is 1. The molecule has 2 heterocycles. The van der Waals surface area contributed by atoms with Crippen molar-refractivity contribution in [3.8, 4) is 10.7 Å². The SMILES string of the molecule is Cc1cc(-c2nnc(Br)s2)nc2c(C(F)(F)F)cc(C3CC3)cc12. The van der Waals surface area contributed by atoms with Gasteiger partial charge in [0, 0.05) is 5.39 Å². The van der Waals surface area contributed by atoms with E-state index in [0.29, 0.717) is 20.0 Å². The van der Waals surface area contributed by atoms with Crippen molar-refractivity contribution in [3.05, 3.63) is 38.8 Å². The molecule has 3 nitrogen and oxygen atoms in total. The molecule has 0 spiro atoms. The maximum Gasteiger partial charge on any atom is 0.418 e. The summed E-state index contributed by atoms with van der Waals surface area (Å²) in [6, 6.07) is 4.88. The van der Waals surface area contributed by atoms with Crippen molar-refractivity contribution in [1.82, 2.24) is 15.2 Å². The van der Waals surface area contributed by atoms with Gasteiger partial charge in [-0.05, 0) is 70.9 Å². The zero-order valence-corrected chi connectivity index (χ0v) is 14.9. The lowest BCUT2D eigenvalue weighted by Crippen LogP contribution is -2.08. The first-order valence-corrected chi connectivity index (χ1v) is 8.96. The molecule has 0 unspecified atom stereocenters. The predicted molar refractivity (Wildman–Crippen MR) is 90.1 cm³/mol. The summed E-state index contributed by atoms with van der Waals surface area (Å²) in [7, 11) is 0. The molecule has 0 bridgehead atoms. The molecule has 8 heteroatoms. The standard InChI is InChI=1S/C16H11BrF3N3S/c1-7-4-12(14-22-23-15(17)24-14)21-13-10(7)5-9(8-2-3-8)6-11(13)16(18,19)20/h4-6,8H,2-3H2,1H3. The smallest absolute Gasteiger partial charge is 0.245 e. The van der Waals surface area contributed by atoms with Gasteiger partial charge < -0.3 is 0 Å². The number of hydrogen-bond donors (Lipinski definition) is 0. The van der Waals surface area contributed by atoms with Gasteiger partial charge in [0.25, 0.3) is 0 Å². The van der Waals surface area contributed by atoms with Crippen molar-refractivity contribution in [2.75, 3.05) is 0 Å². The van der Waals surface area contributed by atoms with Gasteiger partial charge in [0.1, 0.15) is 5.69 Å². The Morgan fingerprint density at radius 2 is 1.92 bits per heavy atom. The number of nitrogens with zero attached hydrogens (tertiary/aromatic N) is 3. The highest BCUT2D eigenvalue weighted by Gasteiger charge is 2.36. The van der Waals surface area contributed by atoms with Crippen molar-refractivity contribution in [1.29, 1.82) is 0 Å². The zero-order chi connectivity index (χ0) is 17.1. The molecule has 1 fully saturated rings. The van der Waals surface area contributed by atoms with Gasteiger partial charge in [0.05, 0.1) is 11.1 Å². The quantitative estimate of drug-likeness (QED) is 0.539. The number of aryl methyl sites for hydroxylation is 1. The Labute approximate surface area is 148 Å². The molecule has 0 atom stereocenters. The molecule has 1 aliphatic rings. The first kappa shape index (κ1) is 16.0. The van der Waals surface area contributed by atoms with Crippen LogP contribution >= 0.6 is 27.3 Å². The molecule has 0 saturated heterocycles. The molecule has 1 aliphatic carbocycles. The van der Waals surface area contributed by atoms with Gasteiger partial charge >= 0.3 is 6.18 Å². The Bertz CT molecular complexity index is 948. The minimum atomic E-state index is -4.44. The van der Waals surface area contributed by atoms with Gasteiger partial charge in [-0.3, -0.25) is 0 Å². The zero-order valence-electron chi connectivity index (χ0n) is 12.5. The summed E-state index contributed by atoms with van der Waals surface area (Å²) in [5.41, 5.74) is 1.23. The van der Waals surface area contributed by atoms with E-state index in [-0.39, 0.29) is 11.4 Å². The van der Waals surface area contributed by atoms with E-state index in [0.717, 1.165) is 24.0 Å². The third-order valence-electron chi connectivity index (χ3n) is 4.12. The molecule has 0 radical (unpaired) electrons. The number of hydrogen-bond acceptors (Lipinski definition) is 4. The van der Waals surface area contributed by atoms with Crippen LogP contribution in [0.3, 0.4) is 0 Å². The summed E-state index contributed by atoms with van der Waals surface area (Å²) in [5, 5.41) is 8.85. The van der Waals surface area contributed by atoms with Gasteiger partial charge in [0.2, 0.25) is 0 Å². The summed E-state index contributed by atoms with van der Waals surface area (Å²) < 4.78 is 41.3. The second-order valence-electron chi connectivity index (χ2n) is 5.92. The van der Waals surface area contributed by atoms with Gasteiger partial charge in [-0.15, -0.1) is 10.2 Å². The average molecular weight is 414 g/mol. The van der Waals surface area contributed by atoms with Crippen LogP contribution in [0.5, 0.6) is 0 Å². The summed E-state index contributed by atoms with van der Waals surface area (Å²) in [5.74, 6) is 0.244. The number of alkyl halides is 3. The molecule has 4 rings (SSSR count). The summed E-state index contributed by atoms with van der Waals surface area (Å²) in [6.45, 7) is 1.81. The topological polar surface area (TPSA) is 38.7 Å². The highest BCUT2D eigenvalue weighted by atomic mass is 79.9. The van der Waals surface area contributed by atoms with Crippen molar-refractivity contribution in [3.63, 3.8) is 0 Å². The number of aromatic nitrogens is 3. The summed E-state index contributed by atoms with van der Waals surface area (Å²) in [4.78, 5) is 4.27. The van der Waals surface area contributed by atoms with E-state index in [1.54, 1.807) is 13.0 Å². The largest absolute Gasteiger partial charge is 0.418 e. The molecule has 0 N–H and O–H groups in total. The molecule has 0 aliphatic heterocycles. The van der Waals surface area contributed by atoms with Gasteiger partial charge in [-0.25, -0.2) is 4.98 Å². The Hall–Kier alpha value is -1.54. The molecular weight excluding hydrogens is 403 g/mol. The molecule has 124 valence electrons. The fourth-order valence-electron chi connectivity index (χ4n) is 2.80. The molecular formula is C16H11BrF3N3S. The fourth-order valence-corrected chi connectivity index (χ4v) is 3.87. The van der Waals surface area contributed by atoms with Gasteiger partial charge in [-0.2, -0.15) is 13.2 Å². The van der Waals surface area contributed by atoms with Crippen molar-refractivity contribution in [2.45, 2.75) is 31.9 Å². The van der Waals surface area contributed by atoms with E-state index < -0.39 is 11.7 Å². The third-order valence-corrected chi connectivity index (χ3v) is 5.49. The molecule has 1 aromatic carbocycles. The van der Waals surface area contributed by atoms with Crippen LogP contribution in [0.15, 0.2) is 22.1 Å². The van der Waals surface area contributed by atoms with Crippen LogP contribution < -0.4 is 0 Å². The van der Waals surface area contributed by atoms with E-state index in [9.17, 15) is 13.2 Å². The van der Waals surface area contributed by atoms with Crippen LogP contribution in [-0.2, 0) is 6.18 Å². The van der Waals surface area contributed by atoms with E-state index >= 15 is 0 Å². The summed E-state index contributed by atoms with van der Waals surface area (Å²) in [6.07, 6.45) is -2.54. The Morgan fingerprint density at radius 3 is 2.50 bits per heavy atom. The Balaban J connectivity index is 2.00. The first-order valence-electron chi connectivity index (χ1n) is 7.35. The van der Waals surface area contributed by atoms with Crippen molar-refractivity contribution >= 4 is 38.2 Å². The lowest BCUT2D eigenvalue weighted by atomic mass is 9.98. The predicted octanol–water partition coefficient (Wildman–Crippen LogP) is 5.72. The van der Waals surface area contributed by atoms with Crippen LogP contribution in [0.1, 0.15) is 35.4 Å². The normalized spacial score (nSPS) is 15.2. The van der Waals surface area contributed by atoms with Crippen LogP contribution in [0.4, 0.5) is 13.2 Å². The highest BCUT2D eigenvalue weighted by molar-refractivity contribution is 9.11. The maximum atomic E-state index is 13.6. The fraction of sp³-hybridized carbons (Fsp3) is 0.312. The minimum absolute atomic E-state index is 0.0202. The second kappa shape index (κ2) is 5.49. The van der Waals surface area contributed by atoms with Crippen LogP contribution in [-0.4, -0.2) is 15.2 Å². The molecule has 0 amide bonds. The van der Waals surface area contributed by atoms with E-state index in [1.165, 1.54) is 17.4 Å². The maximum absolute atomic E-state index is 13.6. The van der Waals surface area contributed by atoms with Crippen molar-refractivity contribution in [2.24, 2.45) is 0 Å². The lowest BCUT2D eigenvalue weighted by molar-refractivity contribution is -0.136. The van der Waals surface area contributed by atoms with Crippen LogP contribution in [0.2, 0.25) is 0 Å². The second-order valence-corrected chi connectivity index (χ2v) is 8.17.